The van der Waals surface area contributed by atoms with Crippen LogP contribution in [0.5, 0.6) is 0 Å². The summed E-state index contributed by atoms with van der Waals surface area (Å²) in [5, 5.41) is 3.28. The molecule has 1 aliphatic carbocycles. The lowest BCUT2D eigenvalue weighted by Gasteiger charge is -2.32. The van der Waals surface area contributed by atoms with Gasteiger partial charge in [0.2, 0.25) is 5.95 Å². The minimum atomic E-state index is 0.0866. The van der Waals surface area contributed by atoms with Gasteiger partial charge >= 0.3 is 0 Å². The first-order valence-electron chi connectivity index (χ1n) is 11.8. The van der Waals surface area contributed by atoms with E-state index in [1.165, 1.54) is 12.8 Å². The number of aromatic nitrogens is 4. The number of benzene rings is 1. The van der Waals surface area contributed by atoms with Crippen molar-refractivity contribution in [1.82, 2.24) is 29.3 Å². The highest BCUT2D eigenvalue weighted by Crippen LogP contribution is 2.33. The van der Waals surface area contributed by atoms with Gasteiger partial charge in [0.15, 0.2) is 0 Å². The number of nitrogens with one attached hydrogen (secondary N) is 1. The summed E-state index contributed by atoms with van der Waals surface area (Å²) in [6, 6.07) is 9.48. The molecule has 8 heteroatoms. The van der Waals surface area contributed by atoms with Gasteiger partial charge in [-0.2, -0.15) is 0 Å². The fourth-order valence-corrected chi connectivity index (χ4v) is 4.24. The molecule has 0 radical (unpaired) electrons. The molecule has 0 unspecified atom stereocenters. The summed E-state index contributed by atoms with van der Waals surface area (Å²) in [6.45, 7) is 6.52. The maximum absolute atomic E-state index is 12.8. The van der Waals surface area contributed by atoms with Crippen molar-refractivity contribution in [2.75, 3.05) is 38.5 Å². The molecule has 0 bridgehead atoms. The van der Waals surface area contributed by atoms with Gasteiger partial charge < -0.3 is 19.7 Å². The number of imidazole rings is 1. The zero-order valence-electron chi connectivity index (χ0n) is 19.4. The van der Waals surface area contributed by atoms with E-state index in [0.717, 1.165) is 68.0 Å². The second kappa shape index (κ2) is 9.31. The van der Waals surface area contributed by atoms with Crippen molar-refractivity contribution < 1.29 is 4.79 Å². The highest BCUT2D eigenvalue weighted by atomic mass is 16.2. The first-order chi connectivity index (χ1) is 16.1. The van der Waals surface area contributed by atoms with Crippen molar-refractivity contribution in [2.24, 2.45) is 5.92 Å². The first-order valence-corrected chi connectivity index (χ1v) is 11.8. The van der Waals surface area contributed by atoms with E-state index >= 15 is 0 Å². The van der Waals surface area contributed by atoms with Crippen LogP contribution in [0.2, 0.25) is 0 Å². The number of hydrogen-bond donors (Lipinski definition) is 1. The van der Waals surface area contributed by atoms with E-state index in [9.17, 15) is 4.79 Å². The van der Waals surface area contributed by atoms with Gasteiger partial charge in [0.25, 0.3) is 5.91 Å². The van der Waals surface area contributed by atoms with E-state index in [-0.39, 0.29) is 5.91 Å². The summed E-state index contributed by atoms with van der Waals surface area (Å²) in [7, 11) is 2.09. The Labute approximate surface area is 194 Å². The van der Waals surface area contributed by atoms with Gasteiger partial charge in [0, 0.05) is 56.6 Å². The minimum Gasteiger partial charge on any atom is -0.336 e. The second-order valence-electron chi connectivity index (χ2n) is 9.03. The molecule has 2 aromatic heterocycles. The third kappa shape index (κ3) is 4.90. The molecule has 3 heterocycles. The summed E-state index contributed by atoms with van der Waals surface area (Å²) in [5.41, 5.74) is 3.46. The summed E-state index contributed by atoms with van der Waals surface area (Å²) in [5.74, 6) is 2.48. The van der Waals surface area contributed by atoms with Gasteiger partial charge in [0.1, 0.15) is 5.82 Å². The minimum absolute atomic E-state index is 0.0866. The molecule has 1 amide bonds. The number of aryl methyl sites for hydroxylation is 1. The van der Waals surface area contributed by atoms with E-state index < -0.39 is 0 Å². The Morgan fingerprint density at radius 3 is 2.52 bits per heavy atom. The van der Waals surface area contributed by atoms with Gasteiger partial charge in [-0.25, -0.2) is 15.0 Å². The molecule has 0 atom stereocenters. The summed E-state index contributed by atoms with van der Waals surface area (Å²) < 4.78 is 2.31. The predicted molar refractivity (Wildman–Crippen MR) is 128 cm³/mol. The van der Waals surface area contributed by atoms with E-state index in [4.69, 9.17) is 4.98 Å². The zero-order chi connectivity index (χ0) is 22.8. The molecule has 1 saturated carbocycles. The van der Waals surface area contributed by atoms with Crippen molar-refractivity contribution in [3.05, 3.63) is 54.1 Å². The molecule has 33 heavy (non-hydrogen) atoms. The maximum Gasteiger partial charge on any atom is 0.253 e. The molecular formula is C25H31N7O. The largest absolute Gasteiger partial charge is 0.336 e. The Hall–Kier alpha value is -3.26. The van der Waals surface area contributed by atoms with Crippen molar-refractivity contribution in [3.8, 4) is 11.4 Å². The first kappa shape index (κ1) is 21.6. The van der Waals surface area contributed by atoms with Crippen molar-refractivity contribution >= 4 is 17.5 Å². The lowest BCUT2D eigenvalue weighted by Crippen LogP contribution is -2.47. The number of carbonyl (C=O) groups is 1. The number of amides is 1. The quantitative estimate of drug-likeness (QED) is 0.600. The summed E-state index contributed by atoms with van der Waals surface area (Å²) in [6.07, 6.45) is 7.19. The van der Waals surface area contributed by atoms with E-state index in [1.54, 1.807) is 6.20 Å². The average Bonchev–Trinajstić information content (AvgIpc) is 3.57. The van der Waals surface area contributed by atoms with Crippen molar-refractivity contribution in [2.45, 2.75) is 32.7 Å². The van der Waals surface area contributed by atoms with Gasteiger partial charge in [-0.3, -0.25) is 4.79 Å². The fraction of sp³-hybridized carbons (Fsp3) is 0.440. The van der Waals surface area contributed by atoms with Gasteiger partial charge in [-0.05, 0) is 56.1 Å². The maximum atomic E-state index is 12.8. The molecule has 1 aromatic carbocycles. The zero-order valence-corrected chi connectivity index (χ0v) is 19.4. The third-order valence-electron chi connectivity index (χ3n) is 6.49. The molecule has 5 rings (SSSR count). The predicted octanol–water partition coefficient (Wildman–Crippen LogP) is 3.44. The molecule has 1 aliphatic heterocycles. The molecule has 1 saturated heterocycles. The Bertz CT molecular complexity index is 1110. The van der Waals surface area contributed by atoms with Crippen LogP contribution in [0, 0.1) is 5.92 Å². The standard InChI is InChI=1S/C25H31N7O/c1-3-23-27-16-22(32(23)17-18-4-5-18)21-10-11-26-25(29-21)28-20-8-6-19(7-9-20)24(33)31-14-12-30(2)13-15-31/h6-11,16,18H,3-5,12-15,17H2,1-2H3,(H,26,28,29). The number of likely N-dealkylation sites (N-methyl/N-ethyl adjacent to an activating group) is 1. The monoisotopic (exact) mass is 445 g/mol. The van der Waals surface area contributed by atoms with Gasteiger partial charge in [-0.15, -0.1) is 0 Å². The van der Waals surface area contributed by atoms with Crippen LogP contribution in [0.15, 0.2) is 42.7 Å². The SMILES string of the molecule is CCc1ncc(-c2ccnc(Nc3ccc(C(=O)N4CCN(C)CC4)cc3)n2)n1CC1CC1. The highest BCUT2D eigenvalue weighted by molar-refractivity contribution is 5.94. The number of nitrogens with zero attached hydrogens (tertiary/aromatic N) is 6. The Morgan fingerprint density at radius 1 is 1.06 bits per heavy atom. The molecule has 2 aliphatic rings. The van der Waals surface area contributed by atoms with Crippen LogP contribution < -0.4 is 5.32 Å². The molecule has 172 valence electrons. The third-order valence-corrected chi connectivity index (χ3v) is 6.49. The Morgan fingerprint density at radius 2 is 1.82 bits per heavy atom. The van der Waals surface area contributed by atoms with Crippen LogP contribution in [0.4, 0.5) is 11.6 Å². The second-order valence-corrected chi connectivity index (χ2v) is 9.03. The Kier molecular flexibility index (Phi) is 6.09. The van der Waals surface area contributed by atoms with Crippen LogP contribution in [0.1, 0.15) is 35.9 Å². The number of rotatable bonds is 7. The number of piperazine rings is 1. The smallest absolute Gasteiger partial charge is 0.253 e. The lowest BCUT2D eigenvalue weighted by molar-refractivity contribution is 0.0664. The lowest BCUT2D eigenvalue weighted by atomic mass is 10.1. The van der Waals surface area contributed by atoms with Crippen LogP contribution in [-0.4, -0.2) is 68.5 Å². The summed E-state index contributed by atoms with van der Waals surface area (Å²) >= 11 is 0. The molecule has 0 spiro atoms. The van der Waals surface area contributed by atoms with E-state index in [2.05, 4.69) is 38.7 Å². The van der Waals surface area contributed by atoms with Crippen LogP contribution in [0.25, 0.3) is 11.4 Å². The number of anilines is 2. The highest BCUT2D eigenvalue weighted by Gasteiger charge is 2.25. The summed E-state index contributed by atoms with van der Waals surface area (Å²) in [4.78, 5) is 30.7. The number of hydrogen-bond acceptors (Lipinski definition) is 6. The van der Waals surface area contributed by atoms with E-state index in [1.807, 2.05) is 41.4 Å². The van der Waals surface area contributed by atoms with E-state index in [0.29, 0.717) is 11.5 Å². The van der Waals surface area contributed by atoms with Crippen molar-refractivity contribution in [3.63, 3.8) is 0 Å². The molecule has 8 nitrogen and oxygen atoms in total. The normalized spacial score (nSPS) is 16.7. The molecule has 3 aromatic rings. The Balaban J connectivity index is 1.29. The average molecular weight is 446 g/mol. The topological polar surface area (TPSA) is 79.2 Å². The van der Waals surface area contributed by atoms with Crippen LogP contribution >= 0.6 is 0 Å². The molecule has 2 fully saturated rings. The fourth-order valence-electron chi connectivity index (χ4n) is 4.24. The van der Waals surface area contributed by atoms with Crippen LogP contribution in [-0.2, 0) is 13.0 Å². The van der Waals surface area contributed by atoms with Gasteiger partial charge in [-0.1, -0.05) is 6.92 Å². The number of carbonyl (C=O) groups excluding carboxylic acids is 1. The van der Waals surface area contributed by atoms with Crippen molar-refractivity contribution in [1.29, 1.82) is 0 Å². The van der Waals surface area contributed by atoms with Gasteiger partial charge in [0.05, 0.1) is 17.6 Å². The molecule has 1 N–H and O–H groups in total. The molecular weight excluding hydrogens is 414 g/mol. The van der Waals surface area contributed by atoms with Crippen LogP contribution in [0.3, 0.4) is 0 Å².